The Morgan fingerprint density at radius 1 is 1.04 bits per heavy atom. The number of rotatable bonds is 4. The van der Waals surface area contributed by atoms with E-state index in [0.29, 0.717) is 20.7 Å². The minimum atomic E-state index is -0.219. The number of hydrogen-bond acceptors (Lipinski definition) is 4. The summed E-state index contributed by atoms with van der Waals surface area (Å²) in [6, 6.07) is 11.2. The summed E-state index contributed by atoms with van der Waals surface area (Å²) in [6.07, 6.45) is 6.82. The van der Waals surface area contributed by atoms with Crippen LogP contribution in [0.2, 0.25) is 5.02 Å². The molecule has 0 spiro atoms. The predicted molar refractivity (Wildman–Crippen MR) is 115 cm³/mol. The third-order valence-electron chi connectivity index (χ3n) is 4.81. The van der Waals surface area contributed by atoms with Gasteiger partial charge in [0.05, 0.1) is 16.3 Å². The van der Waals surface area contributed by atoms with Gasteiger partial charge in [-0.15, -0.1) is 10.2 Å². The number of anilines is 2. The number of hydrogen-bond donors (Lipinski definition) is 1. The molecule has 0 bridgehead atoms. The Labute approximate surface area is 176 Å². The van der Waals surface area contributed by atoms with Crippen molar-refractivity contribution in [1.82, 2.24) is 14.8 Å². The largest absolute Gasteiger partial charge is 0.370 e. The summed E-state index contributed by atoms with van der Waals surface area (Å²) in [4.78, 5) is 15.1. The molecule has 1 amide bonds. The lowest BCUT2D eigenvalue weighted by Gasteiger charge is -2.29. The van der Waals surface area contributed by atoms with Crippen molar-refractivity contribution >= 4 is 44.8 Å². The molecule has 8 heteroatoms. The van der Waals surface area contributed by atoms with E-state index in [4.69, 9.17) is 11.6 Å². The van der Waals surface area contributed by atoms with Crippen molar-refractivity contribution in [2.24, 2.45) is 0 Å². The molecule has 4 rings (SSSR count). The van der Waals surface area contributed by atoms with E-state index in [0.717, 1.165) is 24.5 Å². The number of halogens is 2. The summed E-state index contributed by atoms with van der Waals surface area (Å²) in [5.41, 5.74) is 3.01. The second kappa shape index (κ2) is 8.32. The molecule has 3 aromatic rings. The van der Waals surface area contributed by atoms with Crippen molar-refractivity contribution in [1.29, 1.82) is 0 Å². The highest BCUT2D eigenvalue weighted by atomic mass is 79.9. The van der Waals surface area contributed by atoms with Crippen molar-refractivity contribution in [3.05, 3.63) is 64.1 Å². The van der Waals surface area contributed by atoms with Crippen LogP contribution < -0.4 is 10.2 Å². The number of benzene rings is 2. The van der Waals surface area contributed by atoms with Crippen LogP contribution in [-0.2, 0) is 0 Å². The zero-order valence-corrected chi connectivity index (χ0v) is 17.4. The summed E-state index contributed by atoms with van der Waals surface area (Å²) in [5, 5.41) is 11.2. The SMILES string of the molecule is O=C(Nc1ccc(N2CCCCC2)c(Cl)c1)c1cc(-n2cnnc2)ccc1Br. The first kappa shape index (κ1) is 19.0. The molecule has 1 saturated heterocycles. The van der Waals surface area contributed by atoms with Crippen LogP contribution in [0, 0.1) is 0 Å². The molecule has 2 aromatic carbocycles. The summed E-state index contributed by atoms with van der Waals surface area (Å²) in [6.45, 7) is 2.04. The maximum absolute atomic E-state index is 12.8. The molecular weight excluding hydrogens is 442 g/mol. The number of amides is 1. The monoisotopic (exact) mass is 459 g/mol. The number of aromatic nitrogens is 3. The van der Waals surface area contributed by atoms with Crippen LogP contribution in [-0.4, -0.2) is 33.8 Å². The molecule has 2 heterocycles. The second-order valence-electron chi connectivity index (χ2n) is 6.70. The zero-order chi connectivity index (χ0) is 19.5. The number of nitrogens with zero attached hydrogens (tertiary/aromatic N) is 4. The van der Waals surface area contributed by atoms with Gasteiger partial charge < -0.3 is 10.2 Å². The molecule has 0 atom stereocenters. The van der Waals surface area contributed by atoms with Gasteiger partial charge in [-0.05, 0) is 71.6 Å². The van der Waals surface area contributed by atoms with E-state index in [1.807, 2.05) is 24.3 Å². The number of nitrogens with one attached hydrogen (secondary N) is 1. The summed E-state index contributed by atoms with van der Waals surface area (Å²) in [7, 11) is 0. The lowest BCUT2D eigenvalue weighted by Crippen LogP contribution is -2.29. The van der Waals surface area contributed by atoms with Crippen LogP contribution >= 0.6 is 27.5 Å². The third kappa shape index (κ3) is 4.05. The first-order chi connectivity index (χ1) is 13.6. The van der Waals surface area contributed by atoms with E-state index < -0.39 is 0 Å². The smallest absolute Gasteiger partial charge is 0.256 e. The van der Waals surface area contributed by atoms with E-state index in [1.54, 1.807) is 29.4 Å². The normalized spacial score (nSPS) is 14.1. The summed E-state index contributed by atoms with van der Waals surface area (Å²) >= 11 is 9.95. The van der Waals surface area contributed by atoms with Crippen molar-refractivity contribution in [3.8, 4) is 5.69 Å². The Morgan fingerprint density at radius 2 is 1.79 bits per heavy atom. The Balaban J connectivity index is 1.53. The van der Waals surface area contributed by atoms with Gasteiger partial charge in [0, 0.05) is 28.9 Å². The Bertz CT molecular complexity index is 986. The molecule has 0 saturated carbocycles. The van der Waals surface area contributed by atoms with Gasteiger partial charge in [-0.25, -0.2) is 0 Å². The lowest BCUT2D eigenvalue weighted by molar-refractivity contribution is 0.102. The first-order valence-electron chi connectivity index (χ1n) is 9.12. The molecule has 0 radical (unpaired) electrons. The maximum atomic E-state index is 12.8. The molecule has 1 N–H and O–H groups in total. The van der Waals surface area contributed by atoms with Crippen LogP contribution in [0.5, 0.6) is 0 Å². The quantitative estimate of drug-likeness (QED) is 0.600. The fourth-order valence-corrected chi connectivity index (χ4v) is 4.08. The van der Waals surface area contributed by atoms with E-state index in [2.05, 4.69) is 36.3 Å². The van der Waals surface area contributed by atoms with E-state index in [9.17, 15) is 4.79 Å². The fraction of sp³-hybridized carbons (Fsp3) is 0.250. The molecule has 0 unspecified atom stereocenters. The molecule has 0 aliphatic carbocycles. The van der Waals surface area contributed by atoms with Gasteiger partial charge in [-0.1, -0.05) is 11.6 Å². The highest BCUT2D eigenvalue weighted by Crippen LogP contribution is 2.31. The molecule has 1 fully saturated rings. The van der Waals surface area contributed by atoms with E-state index in [1.165, 1.54) is 19.3 Å². The van der Waals surface area contributed by atoms with Gasteiger partial charge in [-0.3, -0.25) is 9.36 Å². The lowest BCUT2D eigenvalue weighted by atomic mass is 10.1. The highest BCUT2D eigenvalue weighted by molar-refractivity contribution is 9.10. The van der Waals surface area contributed by atoms with Gasteiger partial charge in [-0.2, -0.15) is 0 Å². The average molecular weight is 461 g/mol. The van der Waals surface area contributed by atoms with Crippen molar-refractivity contribution in [3.63, 3.8) is 0 Å². The number of carbonyl (C=O) groups excluding carboxylic acids is 1. The third-order valence-corrected chi connectivity index (χ3v) is 5.81. The second-order valence-corrected chi connectivity index (χ2v) is 7.96. The highest BCUT2D eigenvalue weighted by Gasteiger charge is 2.16. The Morgan fingerprint density at radius 3 is 2.50 bits per heavy atom. The average Bonchev–Trinajstić information content (AvgIpc) is 3.24. The fourth-order valence-electron chi connectivity index (χ4n) is 3.36. The predicted octanol–water partition coefficient (Wildman–Crippen LogP) is 4.93. The minimum Gasteiger partial charge on any atom is -0.370 e. The molecule has 144 valence electrons. The minimum absolute atomic E-state index is 0.219. The van der Waals surface area contributed by atoms with Gasteiger partial charge >= 0.3 is 0 Å². The molecule has 28 heavy (non-hydrogen) atoms. The van der Waals surface area contributed by atoms with E-state index in [-0.39, 0.29) is 5.91 Å². The van der Waals surface area contributed by atoms with Crippen LogP contribution in [0.25, 0.3) is 5.69 Å². The van der Waals surface area contributed by atoms with Crippen LogP contribution in [0.15, 0.2) is 53.5 Å². The topological polar surface area (TPSA) is 63.1 Å². The summed E-state index contributed by atoms with van der Waals surface area (Å²) < 4.78 is 2.45. The molecular formula is C20H19BrClN5O. The van der Waals surface area contributed by atoms with Crippen molar-refractivity contribution in [2.45, 2.75) is 19.3 Å². The molecule has 1 aliphatic heterocycles. The van der Waals surface area contributed by atoms with Gasteiger partial charge in [0.15, 0.2) is 0 Å². The van der Waals surface area contributed by atoms with Gasteiger partial charge in [0.1, 0.15) is 12.7 Å². The van der Waals surface area contributed by atoms with Crippen molar-refractivity contribution in [2.75, 3.05) is 23.3 Å². The van der Waals surface area contributed by atoms with Gasteiger partial charge in [0.25, 0.3) is 5.91 Å². The number of piperidine rings is 1. The van der Waals surface area contributed by atoms with Crippen LogP contribution in [0.1, 0.15) is 29.6 Å². The molecule has 6 nitrogen and oxygen atoms in total. The first-order valence-corrected chi connectivity index (χ1v) is 10.3. The molecule has 1 aromatic heterocycles. The van der Waals surface area contributed by atoms with Crippen LogP contribution in [0.3, 0.4) is 0 Å². The Hall–Kier alpha value is -2.38. The Kier molecular flexibility index (Phi) is 5.64. The maximum Gasteiger partial charge on any atom is 0.256 e. The summed E-state index contributed by atoms with van der Waals surface area (Å²) in [5.74, 6) is -0.219. The number of carbonyl (C=O) groups is 1. The van der Waals surface area contributed by atoms with Crippen molar-refractivity contribution < 1.29 is 4.79 Å². The standard InChI is InChI=1S/C20H19BrClN5O/c21-17-6-5-15(27-12-23-24-13-27)11-16(17)20(28)25-14-4-7-19(18(22)10-14)26-8-2-1-3-9-26/h4-7,10-13H,1-3,8-9H2,(H,25,28). The van der Waals surface area contributed by atoms with E-state index >= 15 is 0 Å². The molecule has 1 aliphatic rings. The van der Waals surface area contributed by atoms with Crippen LogP contribution in [0.4, 0.5) is 11.4 Å². The zero-order valence-electron chi connectivity index (χ0n) is 15.1. The van der Waals surface area contributed by atoms with Gasteiger partial charge in [0.2, 0.25) is 0 Å².